The van der Waals surface area contributed by atoms with Crippen LogP contribution >= 0.6 is 0 Å². The predicted octanol–water partition coefficient (Wildman–Crippen LogP) is 3.70. The molecule has 178 valence electrons. The van der Waals surface area contributed by atoms with Crippen LogP contribution in [-0.2, 0) is 19.1 Å². The summed E-state index contributed by atoms with van der Waals surface area (Å²) in [5.41, 5.74) is -2.02. The van der Waals surface area contributed by atoms with E-state index in [0.717, 1.165) is 18.4 Å². The van der Waals surface area contributed by atoms with Gasteiger partial charge in [0, 0.05) is 16.4 Å². The Bertz CT molecular complexity index is 878. The van der Waals surface area contributed by atoms with Crippen LogP contribution in [0, 0.1) is 28.1 Å². The van der Waals surface area contributed by atoms with Gasteiger partial charge in [-0.2, -0.15) is 0 Å². The molecule has 2 bridgehead atoms. The molecule has 0 aromatic carbocycles. The summed E-state index contributed by atoms with van der Waals surface area (Å²) in [6, 6.07) is 0. The molecule has 0 saturated heterocycles. The lowest BCUT2D eigenvalue weighted by atomic mass is 9.38. The third kappa shape index (κ3) is 2.65. The minimum Gasteiger partial charge on any atom is -0.469 e. The molecule has 32 heavy (non-hydrogen) atoms. The molecule has 6 heteroatoms. The van der Waals surface area contributed by atoms with Crippen LogP contribution in [0.15, 0.2) is 23.8 Å². The van der Waals surface area contributed by atoms with Crippen molar-refractivity contribution in [3.05, 3.63) is 23.8 Å². The van der Waals surface area contributed by atoms with Gasteiger partial charge < -0.3 is 19.7 Å². The second-order valence-electron chi connectivity index (χ2n) is 11.1. The number of rotatable bonds is 3. The number of methoxy groups -OCH3 is 1. The highest BCUT2D eigenvalue weighted by Crippen LogP contribution is 2.74. The van der Waals surface area contributed by atoms with E-state index < -0.39 is 40.0 Å². The highest BCUT2D eigenvalue weighted by Gasteiger charge is 2.76. The van der Waals surface area contributed by atoms with Gasteiger partial charge in [-0.15, -0.1) is 0 Å². The lowest BCUT2D eigenvalue weighted by Gasteiger charge is -2.68. The second kappa shape index (κ2) is 7.42. The van der Waals surface area contributed by atoms with Crippen LogP contribution in [0.5, 0.6) is 0 Å². The first-order chi connectivity index (χ1) is 14.9. The van der Waals surface area contributed by atoms with Crippen LogP contribution in [0.3, 0.4) is 0 Å². The van der Waals surface area contributed by atoms with Gasteiger partial charge in [0.15, 0.2) is 0 Å². The monoisotopic (exact) mass is 446 g/mol. The maximum absolute atomic E-state index is 12.9. The van der Waals surface area contributed by atoms with E-state index in [2.05, 4.69) is 13.5 Å². The Labute approximate surface area is 191 Å². The number of ether oxygens (including phenoxy) is 2. The van der Waals surface area contributed by atoms with Gasteiger partial charge in [-0.3, -0.25) is 4.79 Å². The molecular formula is C26H38O6. The minimum absolute atomic E-state index is 0.223. The fourth-order valence-corrected chi connectivity index (χ4v) is 8.17. The summed E-state index contributed by atoms with van der Waals surface area (Å²) >= 11 is 0. The van der Waals surface area contributed by atoms with Crippen LogP contribution in [0.25, 0.3) is 0 Å². The maximum Gasteiger partial charge on any atom is 0.333 e. The quantitative estimate of drug-likeness (QED) is 0.390. The molecule has 0 amide bonds. The van der Waals surface area contributed by atoms with Crippen molar-refractivity contribution in [2.75, 3.05) is 7.11 Å². The number of carbonyl (C=O) groups excluding carboxylic acids is 2. The van der Waals surface area contributed by atoms with Gasteiger partial charge >= 0.3 is 11.9 Å². The first-order valence-corrected chi connectivity index (χ1v) is 11.9. The van der Waals surface area contributed by atoms with E-state index in [0.29, 0.717) is 37.7 Å². The molecule has 4 fully saturated rings. The smallest absolute Gasteiger partial charge is 0.333 e. The summed E-state index contributed by atoms with van der Waals surface area (Å²) in [5.74, 6) is -0.800. The number of carbonyl (C=O) groups is 2. The summed E-state index contributed by atoms with van der Waals surface area (Å²) < 4.78 is 11.2. The molecule has 8 atom stereocenters. The van der Waals surface area contributed by atoms with Crippen molar-refractivity contribution >= 4 is 11.9 Å². The van der Waals surface area contributed by atoms with Crippen LogP contribution in [0.2, 0.25) is 0 Å². The number of allylic oxidation sites excluding steroid dienone is 1. The van der Waals surface area contributed by atoms with Crippen molar-refractivity contribution in [2.45, 2.75) is 90.4 Å². The molecule has 4 aliphatic carbocycles. The number of hydrogen-bond donors (Lipinski definition) is 2. The molecule has 0 unspecified atom stereocenters. The van der Waals surface area contributed by atoms with Gasteiger partial charge in [0.1, 0.15) is 6.10 Å². The van der Waals surface area contributed by atoms with Crippen molar-refractivity contribution in [2.24, 2.45) is 28.1 Å². The predicted molar refractivity (Wildman–Crippen MR) is 119 cm³/mol. The standard InChI is InChI=1S/C26H38O6/c1-7-15(2)21(28)32-20-16(3)17-8-13-26(30)23(4)11-10-19(27)24(5,22(29)31-6)18(23)9-12-25(20,26)14-17/h7,17-20,27,30H,3,8-14H2,1-2,4-6H3/b15-7-/t17-,18+,19+,20+,23-,24+,25+,26-/m1/s1. The van der Waals surface area contributed by atoms with Crippen LogP contribution in [0.1, 0.15) is 72.6 Å². The summed E-state index contributed by atoms with van der Waals surface area (Å²) in [5, 5.41) is 23.5. The molecule has 0 aliphatic heterocycles. The van der Waals surface area contributed by atoms with E-state index in [1.165, 1.54) is 7.11 Å². The van der Waals surface area contributed by atoms with E-state index in [-0.39, 0.29) is 17.8 Å². The Kier molecular flexibility index (Phi) is 5.45. The fraction of sp³-hybridized carbons (Fsp3) is 0.769. The van der Waals surface area contributed by atoms with Gasteiger partial charge in [0.25, 0.3) is 0 Å². The highest BCUT2D eigenvalue weighted by molar-refractivity contribution is 5.88. The van der Waals surface area contributed by atoms with Crippen molar-refractivity contribution in [1.29, 1.82) is 0 Å². The number of aliphatic hydroxyl groups excluding tert-OH is 1. The van der Waals surface area contributed by atoms with Crippen LogP contribution in [0.4, 0.5) is 0 Å². The van der Waals surface area contributed by atoms with Gasteiger partial charge in [-0.1, -0.05) is 19.6 Å². The van der Waals surface area contributed by atoms with E-state index >= 15 is 0 Å². The lowest BCUT2D eigenvalue weighted by molar-refractivity contribution is -0.289. The fourth-order valence-electron chi connectivity index (χ4n) is 8.17. The molecular weight excluding hydrogens is 408 g/mol. The summed E-state index contributed by atoms with van der Waals surface area (Å²) in [6.07, 6.45) is 4.78. The average molecular weight is 447 g/mol. The van der Waals surface area contributed by atoms with Gasteiger partial charge in [-0.05, 0) is 83.1 Å². The SMILES string of the molecule is C=C1[C@@H]2CC[C@]3(O)[C@@](CC[C@@H]4[C@](C)(C(=O)OC)[C@@H](O)CC[C@]43C)(C2)[C@H]1OC(=O)/C(C)=C\C. The minimum atomic E-state index is -1.14. The highest BCUT2D eigenvalue weighted by atomic mass is 16.5. The third-order valence-corrected chi connectivity index (χ3v) is 10.2. The van der Waals surface area contributed by atoms with Crippen LogP contribution < -0.4 is 0 Å². The molecule has 0 heterocycles. The Morgan fingerprint density at radius 3 is 2.47 bits per heavy atom. The number of esters is 2. The van der Waals surface area contributed by atoms with E-state index in [1.807, 2.05) is 0 Å². The van der Waals surface area contributed by atoms with Crippen molar-refractivity contribution in [3.8, 4) is 0 Å². The van der Waals surface area contributed by atoms with E-state index in [4.69, 9.17) is 9.47 Å². The normalized spacial score (nSPS) is 48.0. The van der Waals surface area contributed by atoms with Crippen molar-refractivity contribution in [1.82, 2.24) is 0 Å². The molecule has 1 spiro atoms. The van der Waals surface area contributed by atoms with Gasteiger partial charge in [-0.25, -0.2) is 4.79 Å². The number of aliphatic hydroxyl groups is 2. The van der Waals surface area contributed by atoms with Gasteiger partial charge in [0.05, 0.1) is 24.2 Å². The zero-order valence-corrected chi connectivity index (χ0v) is 20.1. The first-order valence-electron chi connectivity index (χ1n) is 11.9. The summed E-state index contributed by atoms with van der Waals surface area (Å²) in [7, 11) is 1.36. The Morgan fingerprint density at radius 1 is 1.16 bits per heavy atom. The van der Waals surface area contributed by atoms with Crippen molar-refractivity contribution in [3.63, 3.8) is 0 Å². The molecule has 4 rings (SSSR count). The average Bonchev–Trinajstić information content (AvgIpc) is 3.00. The molecule has 2 N–H and O–H groups in total. The van der Waals surface area contributed by atoms with Crippen molar-refractivity contribution < 1.29 is 29.3 Å². The lowest BCUT2D eigenvalue weighted by Crippen LogP contribution is -2.72. The van der Waals surface area contributed by atoms with E-state index in [9.17, 15) is 19.8 Å². The molecule has 0 aromatic rings. The number of fused-ring (bicyclic) bond motifs is 3. The molecule has 4 aliphatic rings. The largest absolute Gasteiger partial charge is 0.469 e. The number of hydrogen-bond acceptors (Lipinski definition) is 6. The summed E-state index contributed by atoms with van der Waals surface area (Å²) in [4.78, 5) is 25.7. The van der Waals surface area contributed by atoms with Crippen LogP contribution in [-0.4, -0.2) is 47.1 Å². The topological polar surface area (TPSA) is 93.1 Å². The molecule has 4 saturated carbocycles. The molecule has 0 radical (unpaired) electrons. The molecule has 0 aromatic heterocycles. The maximum atomic E-state index is 12.9. The zero-order valence-electron chi connectivity index (χ0n) is 20.1. The Morgan fingerprint density at radius 2 is 1.84 bits per heavy atom. The third-order valence-electron chi connectivity index (χ3n) is 10.2. The van der Waals surface area contributed by atoms with E-state index in [1.54, 1.807) is 26.8 Å². The molecule has 6 nitrogen and oxygen atoms in total. The van der Waals surface area contributed by atoms with Gasteiger partial charge in [0.2, 0.25) is 0 Å². The Hall–Kier alpha value is -1.66. The first kappa shape index (κ1) is 23.5. The second-order valence-corrected chi connectivity index (χ2v) is 11.1. The zero-order chi connectivity index (χ0) is 23.7. The summed E-state index contributed by atoms with van der Waals surface area (Å²) in [6.45, 7) is 11.7. The Balaban J connectivity index is 1.80.